The molecule has 0 aliphatic heterocycles. The third kappa shape index (κ3) is 2.98. The van der Waals surface area contributed by atoms with Crippen LogP contribution in [0.5, 0.6) is 5.75 Å². The molecule has 1 aromatic rings. The lowest BCUT2D eigenvalue weighted by Gasteiger charge is -2.20. The molecule has 0 atom stereocenters. The van der Waals surface area contributed by atoms with Crippen molar-refractivity contribution in [3.05, 3.63) is 33.9 Å². The van der Waals surface area contributed by atoms with E-state index in [1.807, 2.05) is 0 Å². The molecule has 1 N–H and O–H groups in total. The molecule has 0 amide bonds. The number of nitrogens with zero attached hydrogens (tertiary/aromatic N) is 1. The van der Waals surface area contributed by atoms with Gasteiger partial charge >= 0.3 is 5.97 Å². The largest absolute Gasteiger partial charge is 0.477 e. The van der Waals surface area contributed by atoms with E-state index in [2.05, 4.69) is 5.92 Å². The molecule has 0 aromatic heterocycles. The minimum Gasteiger partial charge on any atom is -0.477 e. The number of hydrogen-bond acceptors (Lipinski definition) is 4. The molecule has 0 spiro atoms. The molecule has 0 aliphatic rings. The van der Waals surface area contributed by atoms with E-state index in [-0.39, 0.29) is 5.75 Å². The molecule has 6 heteroatoms. The zero-order chi connectivity index (χ0) is 13.9. The number of hydrogen-bond donors (Lipinski definition) is 1. The van der Waals surface area contributed by atoms with Gasteiger partial charge in [-0.15, -0.1) is 6.42 Å². The number of aromatic carboxylic acids is 1. The highest BCUT2D eigenvalue weighted by Crippen LogP contribution is 2.26. The number of nitro groups is 1. The lowest BCUT2D eigenvalue weighted by atomic mass is 10.1. The Bertz CT molecular complexity index is 542. The molecule has 0 bridgehead atoms. The molecular weight excluding hydrogens is 238 g/mol. The predicted octanol–water partition coefficient (Wildman–Crippen LogP) is 2.08. The number of carboxylic acid groups (broad SMARTS) is 1. The average molecular weight is 249 g/mol. The van der Waals surface area contributed by atoms with Gasteiger partial charge in [0.25, 0.3) is 5.69 Å². The Morgan fingerprint density at radius 1 is 1.56 bits per heavy atom. The number of carboxylic acids is 1. The van der Waals surface area contributed by atoms with Crippen LogP contribution in [-0.4, -0.2) is 21.6 Å². The molecule has 0 radical (unpaired) electrons. The molecule has 6 nitrogen and oxygen atoms in total. The SMILES string of the molecule is C#CC(C)(C)Oc1ccc([N+](=O)[O-])c(C(=O)O)c1. The van der Waals surface area contributed by atoms with Gasteiger partial charge < -0.3 is 9.84 Å². The smallest absolute Gasteiger partial charge is 0.342 e. The van der Waals surface area contributed by atoms with Gasteiger partial charge in [0, 0.05) is 12.1 Å². The fourth-order valence-corrected chi connectivity index (χ4v) is 1.23. The summed E-state index contributed by atoms with van der Waals surface area (Å²) in [6.07, 6.45) is 5.23. The van der Waals surface area contributed by atoms with Crippen LogP contribution in [0.2, 0.25) is 0 Å². The molecule has 18 heavy (non-hydrogen) atoms. The van der Waals surface area contributed by atoms with E-state index >= 15 is 0 Å². The van der Waals surface area contributed by atoms with Crippen LogP contribution in [-0.2, 0) is 0 Å². The summed E-state index contributed by atoms with van der Waals surface area (Å²) < 4.78 is 5.35. The quantitative estimate of drug-likeness (QED) is 0.501. The molecule has 0 aliphatic carbocycles. The lowest BCUT2D eigenvalue weighted by Crippen LogP contribution is -2.25. The summed E-state index contributed by atoms with van der Waals surface area (Å²) in [6.45, 7) is 3.24. The van der Waals surface area contributed by atoms with Crippen molar-refractivity contribution in [2.75, 3.05) is 0 Å². The first kappa shape index (κ1) is 13.5. The van der Waals surface area contributed by atoms with Gasteiger partial charge in [0.05, 0.1) is 4.92 Å². The van der Waals surface area contributed by atoms with Crippen molar-refractivity contribution in [2.24, 2.45) is 0 Å². The molecule has 0 saturated heterocycles. The van der Waals surface area contributed by atoms with Crippen molar-refractivity contribution in [2.45, 2.75) is 19.4 Å². The number of rotatable bonds is 4. The molecule has 1 rings (SSSR count). The van der Waals surface area contributed by atoms with Gasteiger partial charge in [-0.05, 0) is 19.9 Å². The van der Waals surface area contributed by atoms with Crippen LogP contribution >= 0.6 is 0 Å². The molecule has 0 unspecified atom stereocenters. The van der Waals surface area contributed by atoms with Gasteiger partial charge in [-0.3, -0.25) is 10.1 Å². The van der Waals surface area contributed by atoms with Crippen LogP contribution in [0.25, 0.3) is 0 Å². The topological polar surface area (TPSA) is 89.7 Å². The summed E-state index contributed by atoms with van der Waals surface area (Å²) in [5.74, 6) is 1.14. The van der Waals surface area contributed by atoms with Gasteiger partial charge in [0.1, 0.15) is 11.3 Å². The van der Waals surface area contributed by atoms with Gasteiger partial charge in [-0.1, -0.05) is 5.92 Å². The summed E-state index contributed by atoms with van der Waals surface area (Å²) in [6, 6.07) is 3.47. The van der Waals surface area contributed by atoms with Crippen molar-refractivity contribution < 1.29 is 19.6 Å². The summed E-state index contributed by atoms with van der Waals surface area (Å²) in [4.78, 5) is 20.8. The van der Waals surface area contributed by atoms with E-state index in [1.165, 1.54) is 6.07 Å². The van der Waals surface area contributed by atoms with Crippen molar-refractivity contribution in [3.8, 4) is 18.1 Å². The van der Waals surface area contributed by atoms with Crippen LogP contribution in [0.1, 0.15) is 24.2 Å². The van der Waals surface area contributed by atoms with Gasteiger partial charge in [-0.2, -0.15) is 0 Å². The first-order chi connectivity index (χ1) is 8.26. The van der Waals surface area contributed by atoms with E-state index in [1.54, 1.807) is 13.8 Å². The fourth-order valence-electron chi connectivity index (χ4n) is 1.23. The molecule has 94 valence electrons. The highest BCUT2D eigenvalue weighted by atomic mass is 16.6. The number of nitro benzene ring substituents is 1. The summed E-state index contributed by atoms with van der Waals surface area (Å²) in [5.41, 5.74) is -1.86. The van der Waals surface area contributed by atoms with Crippen LogP contribution in [0, 0.1) is 22.5 Å². The number of terminal acetylenes is 1. The minimum absolute atomic E-state index is 0.168. The van der Waals surface area contributed by atoms with E-state index in [0.29, 0.717) is 0 Å². The molecule has 1 aromatic carbocycles. The van der Waals surface area contributed by atoms with Crippen molar-refractivity contribution in [3.63, 3.8) is 0 Å². The maximum atomic E-state index is 10.9. The Hall–Kier alpha value is -2.55. The van der Waals surface area contributed by atoms with E-state index in [4.69, 9.17) is 16.3 Å². The van der Waals surface area contributed by atoms with Gasteiger partial charge in [0.2, 0.25) is 0 Å². The highest BCUT2D eigenvalue weighted by Gasteiger charge is 2.22. The monoisotopic (exact) mass is 249 g/mol. The first-order valence-electron chi connectivity index (χ1n) is 4.95. The van der Waals surface area contributed by atoms with Gasteiger partial charge in [0.15, 0.2) is 5.60 Å². The third-order valence-corrected chi connectivity index (χ3v) is 2.12. The van der Waals surface area contributed by atoms with Crippen molar-refractivity contribution >= 4 is 11.7 Å². The number of carbonyl (C=O) groups is 1. The Balaban J connectivity index is 3.21. The Morgan fingerprint density at radius 2 is 2.17 bits per heavy atom. The second-order valence-electron chi connectivity index (χ2n) is 4.00. The predicted molar refractivity (Wildman–Crippen MR) is 63.6 cm³/mol. The molecular formula is C12H11NO5. The minimum atomic E-state index is -1.40. The summed E-state index contributed by atoms with van der Waals surface area (Å²) >= 11 is 0. The molecule has 0 saturated carbocycles. The second kappa shape index (κ2) is 4.75. The zero-order valence-electron chi connectivity index (χ0n) is 9.84. The van der Waals surface area contributed by atoms with E-state index in [9.17, 15) is 14.9 Å². The van der Waals surface area contributed by atoms with E-state index in [0.717, 1.165) is 12.1 Å². The van der Waals surface area contributed by atoms with Crippen LogP contribution in [0.4, 0.5) is 5.69 Å². The van der Waals surface area contributed by atoms with Crippen LogP contribution < -0.4 is 4.74 Å². The number of ether oxygens (including phenoxy) is 1. The Morgan fingerprint density at radius 3 is 2.61 bits per heavy atom. The fraction of sp³-hybridized carbons (Fsp3) is 0.250. The summed E-state index contributed by atoms with van der Waals surface area (Å²) in [7, 11) is 0. The molecule has 0 fully saturated rings. The zero-order valence-corrected chi connectivity index (χ0v) is 9.84. The number of benzene rings is 1. The molecule has 0 heterocycles. The maximum absolute atomic E-state index is 10.9. The van der Waals surface area contributed by atoms with Gasteiger partial charge in [-0.25, -0.2) is 4.79 Å². The van der Waals surface area contributed by atoms with Crippen molar-refractivity contribution in [1.82, 2.24) is 0 Å². The maximum Gasteiger partial charge on any atom is 0.342 e. The average Bonchev–Trinajstić information content (AvgIpc) is 2.28. The Kier molecular flexibility index (Phi) is 3.57. The highest BCUT2D eigenvalue weighted by molar-refractivity contribution is 5.92. The lowest BCUT2D eigenvalue weighted by molar-refractivity contribution is -0.385. The second-order valence-corrected chi connectivity index (χ2v) is 4.00. The first-order valence-corrected chi connectivity index (χ1v) is 4.95. The van der Waals surface area contributed by atoms with Crippen molar-refractivity contribution in [1.29, 1.82) is 0 Å². The van der Waals surface area contributed by atoms with E-state index < -0.39 is 27.7 Å². The van der Waals surface area contributed by atoms with Crippen LogP contribution in [0.3, 0.4) is 0 Å². The third-order valence-electron chi connectivity index (χ3n) is 2.12. The Labute approximate surface area is 103 Å². The standard InChI is InChI=1S/C12H11NO5/c1-4-12(2,3)18-8-5-6-10(13(16)17)9(7-8)11(14)15/h1,5-7H,2-3H3,(H,14,15). The normalized spacial score (nSPS) is 10.5. The van der Waals surface area contributed by atoms with Crippen LogP contribution in [0.15, 0.2) is 18.2 Å². The summed E-state index contributed by atoms with van der Waals surface area (Å²) in [5, 5.41) is 19.5.